The zero-order valence-corrected chi connectivity index (χ0v) is 18.7. The van der Waals surface area contributed by atoms with Crippen molar-refractivity contribution in [2.24, 2.45) is 0 Å². The first-order valence-corrected chi connectivity index (χ1v) is 11.1. The van der Waals surface area contributed by atoms with Gasteiger partial charge >= 0.3 is 5.97 Å². The molecular formula is C29H26N2O3. The summed E-state index contributed by atoms with van der Waals surface area (Å²) in [5.74, 6) is -1.46. The summed E-state index contributed by atoms with van der Waals surface area (Å²) in [4.78, 5) is 26.6. The first-order valence-electron chi connectivity index (χ1n) is 11.1. The summed E-state index contributed by atoms with van der Waals surface area (Å²) in [6, 6.07) is 35.8. The maximum Gasteiger partial charge on any atom is 0.326 e. The van der Waals surface area contributed by atoms with Crippen LogP contribution in [0.5, 0.6) is 0 Å². The Morgan fingerprint density at radius 3 is 1.68 bits per heavy atom. The zero-order valence-electron chi connectivity index (χ0n) is 18.7. The van der Waals surface area contributed by atoms with E-state index >= 15 is 0 Å². The lowest BCUT2D eigenvalue weighted by atomic mass is 10.0. The predicted molar refractivity (Wildman–Crippen MR) is 134 cm³/mol. The molecule has 4 aromatic carbocycles. The molecule has 0 bridgehead atoms. The SMILES string of the molecule is O=C(N[C@@H](Cc1ccccc1)C(=O)O)c1ccc(CN(c2ccccc2)c2ccccc2)cc1. The van der Waals surface area contributed by atoms with Crippen LogP contribution < -0.4 is 10.2 Å². The van der Waals surface area contributed by atoms with Crippen molar-refractivity contribution in [3.8, 4) is 0 Å². The Morgan fingerprint density at radius 2 is 1.18 bits per heavy atom. The largest absolute Gasteiger partial charge is 0.480 e. The quantitative estimate of drug-likeness (QED) is 0.356. The van der Waals surface area contributed by atoms with Crippen LogP contribution in [0.3, 0.4) is 0 Å². The van der Waals surface area contributed by atoms with Gasteiger partial charge in [0.1, 0.15) is 6.04 Å². The van der Waals surface area contributed by atoms with Gasteiger partial charge in [-0.15, -0.1) is 0 Å². The molecule has 0 saturated carbocycles. The lowest BCUT2D eigenvalue weighted by Gasteiger charge is -2.25. The van der Waals surface area contributed by atoms with Crippen molar-refractivity contribution in [3.63, 3.8) is 0 Å². The predicted octanol–water partition coefficient (Wildman–Crippen LogP) is 5.45. The van der Waals surface area contributed by atoms with Crippen LogP contribution in [0.15, 0.2) is 115 Å². The van der Waals surface area contributed by atoms with Gasteiger partial charge in [0.05, 0.1) is 0 Å². The number of anilines is 2. The topological polar surface area (TPSA) is 69.6 Å². The highest BCUT2D eigenvalue weighted by molar-refractivity contribution is 5.96. The lowest BCUT2D eigenvalue weighted by molar-refractivity contribution is -0.139. The van der Waals surface area contributed by atoms with Gasteiger partial charge in [0.25, 0.3) is 5.91 Å². The van der Waals surface area contributed by atoms with E-state index in [1.54, 1.807) is 12.1 Å². The fourth-order valence-corrected chi connectivity index (χ4v) is 3.78. The number of carbonyl (C=O) groups excluding carboxylic acids is 1. The second-order valence-corrected chi connectivity index (χ2v) is 8.01. The number of aliphatic carboxylic acids is 1. The van der Waals surface area contributed by atoms with Gasteiger partial charge < -0.3 is 15.3 Å². The van der Waals surface area contributed by atoms with Gasteiger partial charge in [-0.2, -0.15) is 0 Å². The summed E-state index contributed by atoms with van der Waals surface area (Å²) in [7, 11) is 0. The summed E-state index contributed by atoms with van der Waals surface area (Å²) < 4.78 is 0. The number of hydrogen-bond donors (Lipinski definition) is 2. The molecule has 170 valence electrons. The third-order valence-corrected chi connectivity index (χ3v) is 5.58. The number of para-hydroxylation sites is 2. The average Bonchev–Trinajstić information content (AvgIpc) is 2.89. The van der Waals surface area contributed by atoms with E-state index < -0.39 is 17.9 Å². The molecule has 1 amide bonds. The molecule has 0 aliphatic heterocycles. The molecule has 34 heavy (non-hydrogen) atoms. The fraction of sp³-hybridized carbons (Fsp3) is 0.103. The minimum absolute atomic E-state index is 0.225. The second-order valence-electron chi connectivity index (χ2n) is 8.01. The molecule has 4 aromatic rings. The lowest BCUT2D eigenvalue weighted by Crippen LogP contribution is -2.42. The number of nitrogens with zero attached hydrogens (tertiary/aromatic N) is 1. The van der Waals surface area contributed by atoms with Crippen LogP contribution in [0.1, 0.15) is 21.5 Å². The number of carboxylic acid groups (broad SMARTS) is 1. The molecule has 0 aliphatic rings. The van der Waals surface area contributed by atoms with Crippen molar-refractivity contribution in [2.45, 2.75) is 19.0 Å². The Labute approximate surface area is 199 Å². The molecule has 0 saturated heterocycles. The van der Waals surface area contributed by atoms with Crippen molar-refractivity contribution in [3.05, 3.63) is 132 Å². The van der Waals surface area contributed by atoms with Crippen molar-refractivity contribution in [1.82, 2.24) is 5.32 Å². The molecule has 0 aliphatic carbocycles. The first kappa shape index (κ1) is 22.8. The molecule has 1 atom stereocenters. The summed E-state index contributed by atoms with van der Waals surface area (Å²) in [6.07, 6.45) is 0.225. The Hall–Kier alpha value is -4.38. The smallest absolute Gasteiger partial charge is 0.326 e. The van der Waals surface area contributed by atoms with Crippen LogP contribution in [0.25, 0.3) is 0 Å². The minimum Gasteiger partial charge on any atom is -0.480 e. The molecule has 0 fully saturated rings. The third-order valence-electron chi connectivity index (χ3n) is 5.58. The fourth-order valence-electron chi connectivity index (χ4n) is 3.78. The highest BCUT2D eigenvalue weighted by Gasteiger charge is 2.21. The van der Waals surface area contributed by atoms with Crippen LogP contribution in [-0.4, -0.2) is 23.0 Å². The van der Waals surface area contributed by atoms with Crippen molar-refractivity contribution in [2.75, 3.05) is 4.90 Å². The molecule has 0 aromatic heterocycles. The van der Waals surface area contributed by atoms with Crippen LogP contribution >= 0.6 is 0 Å². The van der Waals surface area contributed by atoms with Crippen LogP contribution in [0.2, 0.25) is 0 Å². The normalized spacial score (nSPS) is 11.4. The van der Waals surface area contributed by atoms with E-state index in [1.807, 2.05) is 78.9 Å². The van der Waals surface area contributed by atoms with E-state index in [9.17, 15) is 14.7 Å². The zero-order chi connectivity index (χ0) is 23.8. The number of nitrogens with one attached hydrogen (secondary N) is 1. The first-order chi connectivity index (χ1) is 16.6. The minimum atomic E-state index is -1.06. The molecule has 0 spiro atoms. The number of rotatable bonds is 9. The number of carboxylic acids is 1. The van der Waals surface area contributed by atoms with E-state index in [0.29, 0.717) is 12.1 Å². The summed E-state index contributed by atoms with van der Waals surface area (Å²) in [6.45, 7) is 0.627. The maximum absolute atomic E-state index is 12.7. The van der Waals surface area contributed by atoms with Crippen LogP contribution in [-0.2, 0) is 17.8 Å². The summed E-state index contributed by atoms with van der Waals surface area (Å²) in [5.41, 5.74) is 4.45. The monoisotopic (exact) mass is 450 g/mol. The van der Waals surface area contributed by atoms with E-state index in [4.69, 9.17) is 0 Å². The molecule has 0 heterocycles. The summed E-state index contributed by atoms with van der Waals surface area (Å²) >= 11 is 0. The van der Waals surface area contributed by atoms with E-state index in [-0.39, 0.29) is 6.42 Å². The number of amides is 1. The summed E-state index contributed by atoms with van der Waals surface area (Å²) in [5, 5.41) is 12.2. The molecule has 0 radical (unpaired) electrons. The van der Waals surface area contributed by atoms with Gasteiger partial charge in [-0.3, -0.25) is 4.79 Å². The van der Waals surface area contributed by atoms with Gasteiger partial charge in [0.15, 0.2) is 0 Å². The van der Waals surface area contributed by atoms with Gasteiger partial charge in [0.2, 0.25) is 0 Å². The Morgan fingerprint density at radius 1 is 0.676 bits per heavy atom. The number of carbonyl (C=O) groups is 2. The molecular weight excluding hydrogens is 424 g/mol. The second kappa shape index (κ2) is 11.0. The molecule has 2 N–H and O–H groups in total. The highest BCUT2D eigenvalue weighted by Crippen LogP contribution is 2.27. The molecule has 5 heteroatoms. The van der Waals surface area contributed by atoms with E-state index in [0.717, 1.165) is 22.5 Å². The number of benzene rings is 4. The van der Waals surface area contributed by atoms with Crippen molar-refractivity contribution in [1.29, 1.82) is 0 Å². The highest BCUT2D eigenvalue weighted by atomic mass is 16.4. The molecule has 5 nitrogen and oxygen atoms in total. The van der Waals surface area contributed by atoms with Crippen molar-refractivity contribution >= 4 is 23.3 Å². The average molecular weight is 451 g/mol. The third kappa shape index (κ3) is 5.90. The molecule has 0 unspecified atom stereocenters. The van der Waals surface area contributed by atoms with Crippen LogP contribution in [0, 0.1) is 0 Å². The van der Waals surface area contributed by atoms with Gasteiger partial charge in [0, 0.05) is 29.9 Å². The van der Waals surface area contributed by atoms with E-state index in [1.165, 1.54) is 0 Å². The Balaban J connectivity index is 1.47. The van der Waals surface area contributed by atoms with Crippen molar-refractivity contribution < 1.29 is 14.7 Å². The standard InChI is InChI=1S/C29H26N2O3/c32-28(30-27(29(33)34)20-22-10-4-1-5-11-22)24-18-16-23(17-19-24)21-31(25-12-6-2-7-13-25)26-14-8-3-9-15-26/h1-19,27H,20-21H2,(H,30,32)(H,33,34)/t27-/m0/s1. The number of hydrogen-bond acceptors (Lipinski definition) is 3. The Kier molecular flexibility index (Phi) is 7.35. The maximum atomic E-state index is 12.7. The van der Waals surface area contributed by atoms with E-state index in [2.05, 4.69) is 34.5 Å². The molecule has 4 rings (SSSR count). The van der Waals surface area contributed by atoms with Gasteiger partial charge in [-0.25, -0.2) is 4.79 Å². The Bertz CT molecular complexity index is 1170. The van der Waals surface area contributed by atoms with Crippen LogP contribution in [0.4, 0.5) is 11.4 Å². The van der Waals surface area contributed by atoms with Gasteiger partial charge in [-0.05, 0) is 47.5 Å². The van der Waals surface area contributed by atoms with Gasteiger partial charge in [-0.1, -0.05) is 78.9 Å².